The molecule has 0 fully saturated rings. The van der Waals surface area contributed by atoms with E-state index in [1.807, 2.05) is 84.3 Å². The molecule has 1 atom stereocenters. The molecule has 1 aliphatic rings. The highest BCUT2D eigenvalue weighted by Gasteiger charge is 2.38. The maximum atomic E-state index is 13.5. The summed E-state index contributed by atoms with van der Waals surface area (Å²) in [4.78, 5) is 55.3. The summed E-state index contributed by atoms with van der Waals surface area (Å²) < 4.78 is 74.4. The predicted molar refractivity (Wildman–Crippen MR) is 314 cm³/mol. The number of halogens is 7. The summed E-state index contributed by atoms with van der Waals surface area (Å²) in [6.07, 6.45) is -4.46. The van der Waals surface area contributed by atoms with E-state index in [-0.39, 0.29) is 72.2 Å². The lowest BCUT2D eigenvalue weighted by atomic mass is 10.1. The van der Waals surface area contributed by atoms with Gasteiger partial charge in [0.1, 0.15) is 64.0 Å². The van der Waals surface area contributed by atoms with Crippen molar-refractivity contribution in [3.63, 3.8) is 0 Å². The first-order valence-corrected chi connectivity index (χ1v) is 26.6. The number of likely N-dealkylation sites (N-methyl/N-ethyl adjacent to an activating group) is 1. The van der Waals surface area contributed by atoms with Gasteiger partial charge in [-0.15, -0.1) is 0 Å². The summed E-state index contributed by atoms with van der Waals surface area (Å²) in [6, 6.07) is 29.0. The van der Waals surface area contributed by atoms with E-state index in [2.05, 4.69) is 31.4 Å². The largest absolute Gasteiger partial charge is 1.00 e. The van der Waals surface area contributed by atoms with Crippen molar-refractivity contribution in [2.45, 2.75) is 60.9 Å². The Labute approximate surface area is 507 Å². The monoisotopic (exact) mass is 1310 g/mol. The summed E-state index contributed by atoms with van der Waals surface area (Å²) in [7, 11) is 10.3. The summed E-state index contributed by atoms with van der Waals surface area (Å²) in [6.45, 7) is 12.6. The van der Waals surface area contributed by atoms with Crippen LogP contribution in [0.3, 0.4) is 0 Å². The molecule has 0 bridgehead atoms. The van der Waals surface area contributed by atoms with Gasteiger partial charge in [-0.2, -0.15) is 13.2 Å². The number of carbonyl (C=O) groups excluding carboxylic acids is 2. The number of nitrogens with one attached hydrogen (secondary N) is 1. The van der Waals surface area contributed by atoms with E-state index in [1.54, 1.807) is 42.2 Å². The van der Waals surface area contributed by atoms with Gasteiger partial charge in [-0.3, -0.25) is 19.3 Å². The number of anilines is 2. The zero-order valence-electron chi connectivity index (χ0n) is 46.4. The smallest absolute Gasteiger partial charge is 0.426 e. The van der Waals surface area contributed by atoms with E-state index < -0.39 is 34.3 Å². The van der Waals surface area contributed by atoms with Crippen molar-refractivity contribution in [1.29, 1.82) is 0 Å². The quantitative estimate of drug-likeness (QED) is 0.0685. The van der Waals surface area contributed by atoms with E-state index in [0.29, 0.717) is 86.7 Å². The standard InChI is InChI=1S/C21H25ClN2O3.C21H27ClN2O3.C17H11ClF3NO4.CH4.HI/c1-5-26-17-7-6-8-18-20(17)21(25)24(19(27-18)11-12-23(3)4)15-9-10-16(22)14(2)13-15;1-6-26-18-8-7-9-19(27-13-12-24(3,4)5)20(18)21(25)23-16-10-11-17(22)15(2)14-16;1-2-25-12-4-3-5-13-14(12)15(23)22(16(24)26-13)9-6-7-11(18)10(8-9)17(19,20)21;;/h6-10,13,19H,5,11-12H2,1-4H3;7-11,14H,6,12-13H2,1-5H3;3-8H,2H2,1H3;1H4;1H. The summed E-state index contributed by atoms with van der Waals surface area (Å²) in [5.41, 5.74) is 1.76. The van der Waals surface area contributed by atoms with Crippen molar-refractivity contribution in [2.75, 3.05) is 85.0 Å². The van der Waals surface area contributed by atoms with Gasteiger partial charge < -0.3 is 66.8 Å². The molecule has 82 heavy (non-hydrogen) atoms. The number of hydrogen-bond donors (Lipinski definition) is 1. The zero-order chi connectivity index (χ0) is 58.6. The van der Waals surface area contributed by atoms with Crippen LogP contribution in [0.5, 0.6) is 28.7 Å². The topological polar surface area (TPSA) is 151 Å². The first kappa shape index (κ1) is 68.0. The second-order valence-electron chi connectivity index (χ2n) is 19.4. The fraction of sp³-hybridized carbons (Fsp3) is 0.333. The van der Waals surface area contributed by atoms with Gasteiger partial charge in [-0.25, -0.2) is 9.36 Å². The molecule has 8 rings (SSSR count). The van der Waals surface area contributed by atoms with Crippen molar-refractivity contribution < 1.29 is 79.3 Å². The molecule has 0 saturated carbocycles. The van der Waals surface area contributed by atoms with Crippen LogP contribution in [0.4, 0.5) is 24.5 Å². The average Bonchev–Trinajstić information content (AvgIpc) is 3.38. The predicted octanol–water partition coefficient (Wildman–Crippen LogP) is 10.4. The molecule has 1 aromatic heterocycles. The van der Waals surface area contributed by atoms with Crippen LogP contribution in [-0.4, -0.2) is 107 Å². The third-order valence-electron chi connectivity index (χ3n) is 12.1. The molecule has 1 N–H and O–H groups in total. The number of nitrogens with zero attached hydrogens (tertiary/aromatic N) is 4. The maximum absolute atomic E-state index is 13.5. The van der Waals surface area contributed by atoms with Crippen molar-refractivity contribution >= 4 is 69.0 Å². The van der Waals surface area contributed by atoms with Gasteiger partial charge in [0.25, 0.3) is 17.4 Å². The fourth-order valence-corrected chi connectivity index (χ4v) is 8.61. The number of aryl methyl sites for hydroxylation is 2. The lowest BCUT2D eigenvalue weighted by molar-refractivity contribution is -0.870. The molecule has 7 aromatic rings. The number of ether oxygens (including phenoxy) is 5. The number of aromatic nitrogens is 1. The Bertz CT molecular complexity index is 3460. The van der Waals surface area contributed by atoms with E-state index >= 15 is 0 Å². The van der Waals surface area contributed by atoms with Crippen molar-refractivity contribution in [3.05, 3.63) is 173 Å². The van der Waals surface area contributed by atoms with Crippen LogP contribution in [0.15, 0.2) is 123 Å². The lowest BCUT2D eigenvalue weighted by Crippen LogP contribution is -3.00. The molecule has 2 heterocycles. The number of amides is 2. The van der Waals surface area contributed by atoms with Gasteiger partial charge in [0.05, 0.1) is 57.2 Å². The third-order valence-corrected chi connectivity index (χ3v) is 13.2. The van der Waals surface area contributed by atoms with E-state index in [1.165, 1.54) is 18.2 Å². The second kappa shape index (κ2) is 30.2. The van der Waals surface area contributed by atoms with Crippen LogP contribution in [0.1, 0.15) is 72.0 Å². The minimum Gasteiger partial charge on any atom is -1.00 e. The summed E-state index contributed by atoms with van der Waals surface area (Å²) in [5, 5.41) is 3.65. The van der Waals surface area contributed by atoms with Crippen LogP contribution in [0.2, 0.25) is 15.1 Å². The van der Waals surface area contributed by atoms with Crippen LogP contribution in [0.25, 0.3) is 16.7 Å². The van der Waals surface area contributed by atoms with E-state index in [4.69, 9.17) is 62.9 Å². The second-order valence-corrected chi connectivity index (χ2v) is 20.6. The van der Waals surface area contributed by atoms with Gasteiger partial charge in [-0.1, -0.05) is 60.4 Å². The van der Waals surface area contributed by atoms with E-state index in [0.717, 1.165) is 46.5 Å². The summed E-state index contributed by atoms with van der Waals surface area (Å²) >= 11 is 17.8. The van der Waals surface area contributed by atoms with E-state index in [9.17, 15) is 32.3 Å². The minimum absolute atomic E-state index is 0. The van der Waals surface area contributed by atoms with Crippen LogP contribution >= 0.6 is 34.8 Å². The number of hydrogen-bond acceptors (Lipinski definition) is 11. The van der Waals surface area contributed by atoms with Gasteiger partial charge in [0, 0.05) is 34.4 Å². The van der Waals surface area contributed by atoms with Crippen molar-refractivity contribution in [1.82, 2.24) is 9.47 Å². The first-order valence-electron chi connectivity index (χ1n) is 25.5. The molecule has 0 saturated heterocycles. The molecule has 0 radical (unpaired) electrons. The maximum Gasteiger partial charge on any atom is 0.426 e. The molecule has 1 unspecified atom stereocenters. The Morgan fingerprint density at radius 2 is 1.27 bits per heavy atom. The fourth-order valence-electron chi connectivity index (χ4n) is 8.15. The molecule has 0 aliphatic carbocycles. The SMILES string of the molecule is C.CCOc1cccc(OCC[N+](C)(C)C)c1C(=O)Nc1ccc(Cl)c(C)c1.CCOc1cccc2c1C(=O)N(c1ccc(Cl)c(C)c1)C(CCN(C)C)O2.CCOc1cccc2oc(=O)n(-c3ccc(Cl)c(C(F)(F)F)c3)c(=O)c12.[I-]. The Kier molecular flexibility index (Phi) is 25.0. The molecular formula is C60H68Cl3F3IN5O10. The molecular weight excluding hydrogens is 1240 g/mol. The van der Waals surface area contributed by atoms with Crippen LogP contribution < -0.4 is 69.2 Å². The first-order chi connectivity index (χ1) is 37.9. The average molecular weight is 1310 g/mol. The van der Waals surface area contributed by atoms with Gasteiger partial charge in [-0.05, 0) is 151 Å². The highest BCUT2D eigenvalue weighted by atomic mass is 127. The minimum atomic E-state index is -4.75. The number of rotatable bonds is 17. The molecule has 442 valence electrons. The summed E-state index contributed by atoms with van der Waals surface area (Å²) in [5.74, 6) is 0.773. The van der Waals surface area contributed by atoms with Crippen LogP contribution in [-0.2, 0) is 6.18 Å². The number of carbonyl (C=O) groups is 2. The molecule has 15 nitrogen and oxygen atoms in total. The molecule has 22 heteroatoms. The Morgan fingerprint density at radius 1 is 0.720 bits per heavy atom. The normalized spacial score (nSPS) is 12.8. The van der Waals surface area contributed by atoms with Crippen molar-refractivity contribution in [3.8, 4) is 34.4 Å². The van der Waals surface area contributed by atoms with Gasteiger partial charge in [0.15, 0.2) is 6.23 Å². The zero-order valence-corrected chi connectivity index (χ0v) is 50.9. The highest BCUT2D eigenvalue weighted by Crippen LogP contribution is 2.40. The van der Waals surface area contributed by atoms with Gasteiger partial charge >= 0.3 is 11.9 Å². The number of fused-ring (bicyclic) bond motifs is 2. The Hall–Kier alpha value is -6.49. The molecule has 6 aromatic carbocycles. The molecule has 2 amide bonds. The Morgan fingerprint density at radius 3 is 1.88 bits per heavy atom. The third kappa shape index (κ3) is 17.3. The number of quaternary nitrogens is 1. The highest BCUT2D eigenvalue weighted by molar-refractivity contribution is 6.32. The van der Waals surface area contributed by atoms with Gasteiger partial charge in [0.2, 0.25) is 0 Å². The molecule has 0 spiro atoms. The van der Waals surface area contributed by atoms with Crippen LogP contribution in [0, 0.1) is 13.8 Å². The van der Waals surface area contributed by atoms with Crippen molar-refractivity contribution in [2.24, 2.45) is 0 Å². The number of alkyl halides is 3. The number of benzene rings is 6. The lowest BCUT2D eigenvalue weighted by Gasteiger charge is -2.38. The molecule has 1 aliphatic heterocycles. The Balaban J connectivity index is 0.000000261.